The number of nitrogens with zero attached hydrogens (tertiary/aromatic N) is 3. The topological polar surface area (TPSA) is 45.6 Å². The molecule has 0 aliphatic rings. The number of hydrogen-bond acceptors (Lipinski definition) is 4. The fraction of sp³-hybridized carbons (Fsp3) is 0.250. The summed E-state index contributed by atoms with van der Waals surface area (Å²) in [4.78, 5) is 19.1. The quantitative estimate of drug-likeness (QED) is 0.484. The van der Waals surface area contributed by atoms with Crippen LogP contribution < -0.4 is 4.90 Å². The van der Waals surface area contributed by atoms with Gasteiger partial charge in [-0.25, -0.2) is 9.78 Å². The third kappa shape index (κ3) is 1.90. The minimum atomic E-state index is 0.385. The van der Waals surface area contributed by atoms with Gasteiger partial charge in [0.1, 0.15) is 0 Å². The monoisotopic (exact) mass is 163 g/mol. The van der Waals surface area contributed by atoms with E-state index in [0.717, 1.165) is 5.69 Å². The Morgan fingerprint density at radius 3 is 2.92 bits per heavy atom. The molecule has 0 aliphatic heterocycles. The maximum Gasteiger partial charge on any atom is 0.242 e. The van der Waals surface area contributed by atoms with Crippen molar-refractivity contribution in [3.8, 4) is 0 Å². The Balaban J connectivity index is 3.03. The van der Waals surface area contributed by atoms with E-state index in [1.165, 1.54) is 6.08 Å². The van der Waals surface area contributed by atoms with E-state index >= 15 is 0 Å². The first-order valence-electron chi connectivity index (χ1n) is 3.45. The summed E-state index contributed by atoms with van der Waals surface area (Å²) in [5, 5.41) is 0. The largest absolute Gasteiger partial charge is 0.378 e. The highest BCUT2D eigenvalue weighted by molar-refractivity contribution is 5.53. The van der Waals surface area contributed by atoms with Crippen molar-refractivity contribution in [3.05, 3.63) is 18.3 Å². The van der Waals surface area contributed by atoms with Crippen molar-refractivity contribution < 1.29 is 4.79 Å². The van der Waals surface area contributed by atoms with Gasteiger partial charge in [0.2, 0.25) is 6.08 Å². The van der Waals surface area contributed by atoms with Crippen LogP contribution in [0.5, 0.6) is 0 Å². The first kappa shape index (κ1) is 8.43. The second-order valence-electron chi connectivity index (χ2n) is 2.47. The third-order valence-corrected chi connectivity index (χ3v) is 1.41. The molecule has 0 atom stereocenters. The van der Waals surface area contributed by atoms with Gasteiger partial charge in [-0.05, 0) is 6.07 Å². The molecule has 0 radical (unpaired) electrons. The van der Waals surface area contributed by atoms with Gasteiger partial charge in [0.25, 0.3) is 0 Å². The van der Waals surface area contributed by atoms with Crippen molar-refractivity contribution in [2.45, 2.75) is 0 Å². The van der Waals surface area contributed by atoms with Crippen molar-refractivity contribution in [2.24, 2.45) is 4.99 Å². The highest BCUT2D eigenvalue weighted by Crippen LogP contribution is 2.15. The molecule has 0 aromatic carbocycles. The highest BCUT2D eigenvalue weighted by atomic mass is 16.1. The number of anilines is 1. The molecule has 62 valence electrons. The number of aliphatic imine (C=N–C) groups is 1. The van der Waals surface area contributed by atoms with Crippen LogP contribution in [0, 0.1) is 0 Å². The Hall–Kier alpha value is -1.67. The van der Waals surface area contributed by atoms with E-state index in [1.807, 2.05) is 25.1 Å². The molecule has 0 spiro atoms. The van der Waals surface area contributed by atoms with E-state index in [9.17, 15) is 4.79 Å². The number of carbonyl (C=O) groups excluding carboxylic acids is 1. The third-order valence-electron chi connectivity index (χ3n) is 1.41. The molecule has 0 amide bonds. The molecule has 0 aliphatic carbocycles. The maximum atomic E-state index is 9.91. The van der Waals surface area contributed by atoms with Crippen LogP contribution in [0.25, 0.3) is 0 Å². The predicted molar refractivity (Wildman–Crippen MR) is 46.3 cm³/mol. The number of aromatic nitrogens is 1. The molecular weight excluding hydrogens is 154 g/mol. The first-order valence-corrected chi connectivity index (χ1v) is 3.45. The maximum absolute atomic E-state index is 9.91. The highest BCUT2D eigenvalue weighted by Gasteiger charge is 1.96. The van der Waals surface area contributed by atoms with E-state index < -0.39 is 0 Å². The summed E-state index contributed by atoms with van der Waals surface area (Å²) < 4.78 is 0. The lowest BCUT2D eigenvalue weighted by Gasteiger charge is -2.11. The van der Waals surface area contributed by atoms with Gasteiger partial charge in [-0.3, -0.25) is 0 Å². The summed E-state index contributed by atoms with van der Waals surface area (Å²) in [6.45, 7) is 0. The van der Waals surface area contributed by atoms with Crippen LogP contribution in [-0.4, -0.2) is 25.2 Å². The van der Waals surface area contributed by atoms with Crippen LogP contribution in [0.1, 0.15) is 0 Å². The Bertz CT molecular complexity index is 316. The Kier molecular flexibility index (Phi) is 2.56. The zero-order chi connectivity index (χ0) is 8.97. The SMILES string of the molecule is CN(C)c1ccnc(N=C=O)c1. The minimum Gasteiger partial charge on any atom is -0.378 e. The van der Waals surface area contributed by atoms with Gasteiger partial charge in [-0.1, -0.05) is 0 Å². The van der Waals surface area contributed by atoms with Gasteiger partial charge in [0.05, 0.1) is 0 Å². The van der Waals surface area contributed by atoms with Crippen molar-refractivity contribution in [1.82, 2.24) is 4.98 Å². The van der Waals surface area contributed by atoms with Gasteiger partial charge < -0.3 is 4.90 Å². The average Bonchev–Trinajstić information content (AvgIpc) is 2.05. The second-order valence-corrected chi connectivity index (χ2v) is 2.47. The zero-order valence-corrected chi connectivity index (χ0v) is 6.98. The summed E-state index contributed by atoms with van der Waals surface area (Å²) in [6, 6.07) is 3.55. The minimum absolute atomic E-state index is 0.385. The molecule has 4 heteroatoms. The van der Waals surface area contributed by atoms with E-state index in [0.29, 0.717) is 5.82 Å². The summed E-state index contributed by atoms with van der Waals surface area (Å²) in [7, 11) is 3.81. The molecule has 1 aromatic heterocycles. The fourth-order valence-electron chi connectivity index (χ4n) is 0.794. The lowest BCUT2D eigenvalue weighted by atomic mass is 10.4. The molecule has 4 nitrogen and oxygen atoms in total. The first-order chi connectivity index (χ1) is 5.74. The van der Waals surface area contributed by atoms with Crippen LogP contribution in [0.4, 0.5) is 11.5 Å². The normalized spacial score (nSPS) is 8.83. The molecule has 0 N–H and O–H groups in total. The summed E-state index contributed by atoms with van der Waals surface area (Å²) >= 11 is 0. The second kappa shape index (κ2) is 3.64. The van der Waals surface area contributed by atoms with Gasteiger partial charge in [-0.2, -0.15) is 0 Å². The summed E-state index contributed by atoms with van der Waals surface area (Å²) in [5.74, 6) is 0.385. The molecule has 0 saturated carbocycles. The number of rotatable bonds is 2. The number of pyridine rings is 1. The van der Waals surface area contributed by atoms with E-state index in [1.54, 1.807) is 12.3 Å². The van der Waals surface area contributed by atoms with Crippen molar-refractivity contribution in [2.75, 3.05) is 19.0 Å². The molecule has 0 fully saturated rings. The molecule has 0 saturated heterocycles. The Morgan fingerprint density at radius 2 is 2.33 bits per heavy atom. The van der Waals surface area contributed by atoms with Crippen molar-refractivity contribution >= 4 is 17.6 Å². The van der Waals surface area contributed by atoms with E-state index in [4.69, 9.17) is 0 Å². The molecule has 1 rings (SSSR count). The fourth-order valence-corrected chi connectivity index (χ4v) is 0.794. The van der Waals surface area contributed by atoms with Crippen LogP contribution in [-0.2, 0) is 4.79 Å². The molecule has 12 heavy (non-hydrogen) atoms. The van der Waals surface area contributed by atoms with Gasteiger partial charge in [-0.15, -0.1) is 4.99 Å². The standard InChI is InChI=1S/C8H9N3O/c1-11(2)7-3-4-9-8(5-7)10-6-12/h3-5H,1-2H3. The Morgan fingerprint density at radius 1 is 1.58 bits per heavy atom. The van der Waals surface area contributed by atoms with Gasteiger partial charge >= 0.3 is 0 Å². The van der Waals surface area contributed by atoms with Crippen molar-refractivity contribution in [1.29, 1.82) is 0 Å². The average molecular weight is 163 g/mol. The summed E-state index contributed by atoms with van der Waals surface area (Å²) in [5.41, 5.74) is 0.957. The van der Waals surface area contributed by atoms with Crippen LogP contribution in [0.15, 0.2) is 23.3 Å². The molecule has 1 aromatic rings. The lowest BCUT2D eigenvalue weighted by Crippen LogP contribution is -2.08. The van der Waals surface area contributed by atoms with E-state index in [2.05, 4.69) is 9.98 Å². The number of isocyanates is 1. The van der Waals surface area contributed by atoms with Gasteiger partial charge in [0, 0.05) is 32.0 Å². The molecule has 1 heterocycles. The predicted octanol–water partition coefficient (Wildman–Crippen LogP) is 1.11. The lowest BCUT2D eigenvalue weighted by molar-refractivity contribution is 0.565. The molecule has 0 unspecified atom stereocenters. The summed E-state index contributed by atoms with van der Waals surface area (Å²) in [6.07, 6.45) is 3.05. The van der Waals surface area contributed by atoms with Crippen LogP contribution >= 0.6 is 0 Å². The zero-order valence-electron chi connectivity index (χ0n) is 6.98. The number of hydrogen-bond donors (Lipinski definition) is 0. The molecular formula is C8H9N3O. The van der Waals surface area contributed by atoms with Crippen LogP contribution in [0.3, 0.4) is 0 Å². The van der Waals surface area contributed by atoms with Crippen LogP contribution in [0.2, 0.25) is 0 Å². The molecule has 0 bridgehead atoms. The van der Waals surface area contributed by atoms with E-state index in [-0.39, 0.29) is 0 Å². The smallest absolute Gasteiger partial charge is 0.242 e. The van der Waals surface area contributed by atoms with Gasteiger partial charge in [0.15, 0.2) is 5.82 Å². The van der Waals surface area contributed by atoms with Crippen molar-refractivity contribution in [3.63, 3.8) is 0 Å². The Labute approximate surface area is 70.6 Å².